The minimum Gasteiger partial charge on any atom is -0.493 e. The first-order valence-electron chi connectivity index (χ1n) is 13.1. The first kappa shape index (κ1) is 28.4. The van der Waals surface area contributed by atoms with Gasteiger partial charge in [-0.1, -0.05) is 103 Å². The molecule has 3 N–H and O–H groups in total. The normalized spacial score (nSPS) is 24.1. The molecule has 1 aliphatic heterocycles. The van der Waals surface area contributed by atoms with Gasteiger partial charge in [0.25, 0.3) is 0 Å². The predicted molar refractivity (Wildman–Crippen MR) is 127 cm³/mol. The summed E-state index contributed by atoms with van der Waals surface area (Å²) in [5.41, 5.74) is 0. The first-order chi connectivity index (χ1) is 15.2. The molecule has 1 aliphatic rings. The lowest BCUT2D eigenvalue weighted by Crippen LogP contribution is -2.54. The van der Waals surface area contributed by atoms with E-state index in [0.29, 0.717) is 0 Å². The van der Waals surface area contributed by atoms with Crippen LogP contribution in [0, 0.1) is 0 Å². The third-order valence-corrected chi connectivity index (χ3v) is 6.31. The van der Waals surface area contributed by atoms with Gasteiger partial charge in [0.15, 0.2) is 6.10 Å². The number of hydrogen-bond donors (Lipinski definition) is 3. The third kappa shape index (κ3) is 14.2. The number of aliphatic hydroxyl groups excluding tert-OH is 3. The van der Waals surface area contributed by atoms with Crippen LogP contribution in [-0.2, 0) is 9.47 Å². The Bertz CT molecular complexity index is 415. The van der Waals surface area contributed by atoms with Crippen LogP contribution < -0.4 is 0 Å². The van der Waals surface area contributed by atoms with Gasteiger partial charge in [0.1, 0.15) is 18.3 Å². The van der Waals surface area contributed by atoms with Gasteiger partial charge >= 0.3 is 0 Å². The van der Waals surface area contributed by atoms with Crippen molar-refractivity contribution in [3.05, 3.63) is 12.3 Å². The molecule has 0 aromatic heterocycles. The smallest absolute Gasteiger partial charge is 0.154 e. The molecular weight excluding hydrogens is 392 g/mol. The highest BCUT2D eigenvalue weighted by Crippen LogP contribution is 2.19. The average Bonchev–Trinajstić information content (AvgIpc) is 2.77. The zero-order chi connectivity index (χ0) is 22.6. The van der Waals surface area contributed by atoms with Gasteiger partial charge in [0, 0.05) is 0 Å². The van der Waals surface area contributed by atoms with Crippen molar-refractivity contribution in [3.8, 4) is 0 Å². The fourth-order valence-corrected chi connectivity index (χ4v) is 4.21. The molecule has 184 valence electrons. The Morgan fingerprint density at radius 2 is 1.26 bits per heavy atom. The van der Waals surface area contributed by atoms with Crippen molar-refractivity contribution in [2.45, 2.75) is 140 Å². The fraction of sp³-hybridized carbons (Fsp3) is 0.923. The van der Waals surface area contributed by atoms with Crippen molar-refractivity contribution in [2.24, 2.45) is 0 Å². The van der Waals surface area contributed by atoms with Crippen molar-refractivity contribution in [1.29, 1.82) is 0 Å². The third-order valence-electron chi connectivity index (χ3n) is 6.31. The van der Waals surface area contributed by atoms with Crippen molar-refractivity contribution < 1.29 is 24.8 Å². The van der Waals surface area contributed by atoms with Gasteiger partial charge in [-0.05, 0) is 18.9 Å². The second kappa shape index (κ2) is 20.0. The largest absolute Gasteiger partial charge is 0.493 e. The molecule has 0 bridgehead atoms. The van der Waals surface area contributed by atoms with E-state index in [2.05, 4.69) is 6.92 Å². The highest BCUT2D eigenvalue weighted by atomic mass is 16.6. The minimum absolute atomic E-state index is 0.0694. The molecule has 0 radical (unpaired) electrons. The maximum Gasteiger partial charge on any atom is 0.154 e. The Kier molecular flexibility index (Phi) is 18.3. The molecule has 1 saturated heterocycles. The molecule has 5 heteroatoms. The topological polar surface area (TPSA) is 79.2 Å². The lowest BCUT2D eigenvalue weighted by molar-refractivity contribution is -0.197. The summed E-state index contributed by atoms with van der Waals surface area (Å²) in [5, 5.41) is 29.1. The molecule has 0 amide bonds. The molecule has 0 unspecified atom stereocenters. The van der Waals surface area contributed by atoms with Gasteiger partial charge in [-0.25, -0.2) is 0 Å². The second-order valence-corrected chi connectivity index (χ2v) is 9.18. The van der Waals surface area contributed by atoms with Crippen LogP contribution in [0.3, 0.4) is 0 Å². The molecule has 0 spiro atoms. The fourth-order valence-electron chi connectivity index (χ4n) is 4.21. The van der Waals surface area contributed by atoms with E-state index in [4.69, 9.17) is 14.6 Å². The molecule has 0 aromatic rings. The lowest BCUT2D eigenvalue weighted by Gasteiger charge is -2.36. The lowest BCUT2D eigenvalue weighted by atomic mass is 10.0. The minimum atomic E-state index is -1.02. The molecule has 1 fully saturated rings. The summed E-state index contributed by atoms with van der Waals surface area (Å²) in [7, 11) is 0. The molecule has 0 aromatic carbocycles. The van der Waals surface area contributed by atoms with E-state index < -0.39 is 24.4 Å². The summed E-state index contributed by atoms with van der Waals surface area (Å²) >= 11 is 0. The van der Waals surface area contributed by atoms with Gasteiger partial charge in [-0.15, -0.1) is 0 Å². The Labute approximate surface area is 191 Å². The highest BCUT2D eigenvalue weighted by molar-refractivity contribution is 4.89. The van der Waals surface area contributed by atoms with Crippen molar-refractivity contribution in [2.75, 3.05) is 13.2 Å². The van der Waals surface area contributed by atoms with E-state index in [1.54, 1.807) is 6.26 Å². The summed E-state index contributed by atoms with van der Waals surface area (Å²) in [6, 6.07) is 0. The van der Waals surface area contributed by atoms with E-state index in [-0.39, 0.29) is 13.2 Å². The molecule has 4 atom stereocenters. The van der Waals surface area contributed by atoms with E-state index in [1.807, 2.05) is 6.08 Å². The molecule has 1 rings (SSSR count). The Balaban J connectivity index is 1.84. The van der Waals surface area contributed by atoms with Crippen LogP contribution in [0.4, 0.5) is 0 Å². The number of allylic oxidation sites excluding steroid dienone is 1. The SMILES string of the molecule is CCCCCCCCCCCCCCCCCC/C=C/O[C@@H]1[C@@H](O)[C@H](CO)OC[C@H]1O. The number of aliphatic hydroxyl groups is 3. The Hall–Kier alpha value is -0.620. The summed E-state index contributed by atoms with van der Waals surface area (Å²) in [5.74, 6) is 0. The summed E-state index contributed by atoms with van der Waals surface area (Å²) in [4.78, 5) is 0. The second-order valence-electron chi connectivity index (χ2n) is 9.18. The maximum atomic E-state index is 10.0. The first-order valence-corrected chi connectivity index (χ1v) is 13.1. The van der Waals surface area contributed by atoms with Gasteiger partial charge in [0.2, 0.25) is 0 Å². The molecule has 5 nitrogen and oxygen atoms in total. The van der Waals surface area contributed by atoms with Crippen LogP contribution in [0.25, 0.3) is 0 Å². The average molecular weight is 443 g/mol. The van der Waals surface area contributed by atoms with Crippen molar-refractivity contribution in [1.82, 2.24) is 0 Å². The molecule has 31 heavy (non-hydrogen) atoms. The number of hydrogen-bond acceptors (Lipinski definition) is 5. The van der Waals surface area contributed by atoms with Crippen LogP contribution in [0.1, 0.15) is 116 Å². The van der Waals surface area contributed by atoms with Crippen LogP contribution in [0.5, 0.6) is 0 Å². The molecule has 1 heterocycles. The number of unbranched alkanes of at least 4 members (excludes halogenated alkanes) is 16. The van der Waals surface area contributed by atoms with Crippen molar-refractivity contribution in [3.63, 3.8) is 0 Å². The quantitative estimate of drug-likeness (QED) is 0.168. The zero-order valence-corrected chi connectivity index (χ0v) is 20.1. The Morgan fingerprint density at radius 3 is 1.74 bits per heavy atom. The van der Waals surface area contributed by atoms with Gasteiger partial charge < -0.3 is 24.8 Å². The van der Waals surface area contributed by atoms with E-state index >= 15 is 0 Å². The van der Waals surface area contributed by atoms with Crippen LogP contribution in [0.15, 0.2) is 12.3 Å². The maximum absolute atomic E-state index is 10.0. The Morgan fingerprint density at radius 1 is 0.774 bits per heavy atom. The summed E-state index contributed by atoms with van der Waals surface area (Å²) in [6.07, 6.45) is 23.0. The highest BCUT2D eigenvalue weighted by Gasteiger charge is 2.39. The van der Waals surface area contributed by atoms with Crippen molar-refractivity contribution >= 4 is 0 Å². The van der Waals surface area contributed by atoms with Gasteiger partial charge in [-0.3, -0.25) is 0 Å². The molecule has 0 saturated carbocycles. The van der Waals surface area contributed by atoms with Crippen LogP contribution >= 0.6 is 0 Å². The standard InChI is InChI=1S/C26H50O5/c1-2-3-4-5-6-7-8-9-10-11-12-13-14-15-16-17-18-19-20-30-26-23(28)22-31-24(21-27)25(26)29/h19-20,23-29H,2-18,21-22H2,1H3/b20-19+/t23-,24+,25+,26+/m1/s1. The van der Waals surface area contributed by atoms with Gasteiger partial charge in [0.05, 0.1) is 19.5 Å². The van der Waals surface area contributed by atoms with Gasteiger partial charge in [-0.2, -0.15) is 0 Å². The zero-order valence-electron chi connectivity index (χ0n) is 20.1. The van der Waals surface area contributed by atoms with E-state index in [0.717, 1.165) is 12.8 Å². The number of rotatable bonds is 20. The van der Waals surface area contributed by atoms with E-state index in [9.17, 15) is 10.2 Å². The molecular formula is C26H50O5. The summed E-state index contributed by atoms with van der Waals surface area (Å²) in [6.45, 7) is 2.06. The summed E-state index contributed by atoms with van der Waals surface area (Å²) < 4.78 is 10.7. The predicted octanol–water partition coefficient (Wildman–Crippen LogP) is 5.65. The van der Waals surface area contributed by atoms with E-state index in [1.165, 1.54) is 96.3 Å². The van der Waals surface area contributed by atoms with Crippen LogP contribution in [0.2, 0.25) is 0 Å². The monoisotopic (exact) mass is 442 g/mol. The number of ether oxygens (including phenoxy) is 2. The molecule has 0 aliphatic carbocycles. The van der Waals surface area contributed by atoms with Crippen LogP contribution in [-0.4, -0.2) is 52.9 Å².